The predicted molar refractivity (Wildman–Crippen MR) is 109 cm³/mol. The van der Waals surface area contributed by atoms with E-state index in [9.17, 15) is 23.1 Å². The van der Waals surface area contributed by atoms with Crippen LogP contribution in [0.5, 0.6) is 0 Å². The molecule has 1 unspecified atom stereocenters. The Labute approximate surface area is 177 Å². The molecule has 160 valence electrons. The van der Waals surface area contributed by atoms with E-state index in [1.165, 1.54) is 29.5 Å². The number of anilines is 1. The fraction of sp³-hybridized carbons (Fsp3) is 0.150. The van der Waals surface area contributed by atoms with Crippen LogP contribution in [0.15, 0.2) is 59.1 Å². The summed E-state index contributed by atoms with van der Waals surface area (Å²) in [6.07, 6.45) is -5.62. The highest BCUT2D eigenvalue weighted by Gasteiger charge is 2.38. The SMILES string of the molecule is O=C(NCC(O)c1cc2ccccc2s1)Nc1cccc(-c2noc(C(F)(F)F)n2)c1. The molecular formula is C20H15F3N4O3S. The van der Waals surface area contributed by atoms with Gasteiger partial charge in [-0.05, 0) is 29.7 Å². The minimum atomic E-state index is -4.74. The molecule has 0 bridgehead atoms. The number of aliphatic hydroxyl groups excluding tert-OH is 1. The van der Waals surface area contributed by atoms with Gasteiger partial charge < -0.3 is 20.3 Å². The molecule has 11 heteroatoms. The number of carbonyl (C=O) groups is 1. The second-order valence-corrected chi connectivity index (χ2v) is 7.65. The molecule has 2 amide bonds. The van der Waals surface area contributed by atoms with Gasteiger partial charge in [0.2, 0.25) is 5.82 Å². The zero-order valence-corrected chi connectivity index (χ0v) is 16.5. The van der Waals surface area contributed by atoms with E-state index >= 15 is 0 Å². The first-order valence-corrected chi connectivity index (χ1v) is 9.84. The highest BCUT2D eigenvalue weighted by atomic mass is 32.1. The molecule has 2 aromatic carbocycles. The molecule has 0 fully saturated rings. The molecule has 0 radical (unpaired) electrons. The van der Waals surface area contributed by atoms with Crippen molar-refractivity contribution < 1.29 is 27.6 Å². The normalized spacial score (nSPS) is 12.6. The van der Waals surface area contributed by atoms with E-state index in [0.717, 1.165) is 15.0 Å². The lowest BCUT2D eigenvalue weighted by atomic mass is 10.2. The number of alkyl halides is 3. The molecule has 2 heterocycles. The summed E-state index contributed by atoms with van der Waals surface area (Å²) in [5.41, 5.74) is 0.548. The monoisotopic (exact) mass is 448 g/mol. The molecule has 0 aliphatic rings. The number of urea groups is 1. The van der Waals surface area contributed by atoms with E-state index in [4.69, 9.17) is 0 Å². The Hall–Kier alpha value is -3.44. The first-order valence-electron chi connectivity index (χ1n) is 9.02. The van der Waals surface area contributed by atoms with Crippen molar-refractivity contribution >= 4 is 33.1 Å². The van der Waals surface area contributed by atoms with Crippen molar-refractivity contribution in [3.8, 4) is 11.4 Å². The maximum Gasteiger partial charge on any atom is 0.471 e. The van der Waals surface area contributed by atoms with E-state index in [2.05, 4.69) is 25.3 Å². The van der Waals surface area contributed by atoms with Crippen molar-refractivity contribution in [3.63, 3.8) is 0 Å². The van der Waals surface area contributed by atoms with Gasteiger partial charge in [-0.25, -0.2) is 4.79 Å². The fourth-order valence-electron chi connectivity index (χ4n) is 2.82. The maximum absolute atomic E-state index is 12.6. The van der Waals surface area contributed by atoms with Crippen LogP contribution < -0.4 is 10.6 Å². The summed E-state index contributed by atoms with van der Waals surface area (Å²) in [7, 11) is 0. The first kappa shape index (κ1) is 20.8. The van der Waals surface area contributed by atoms with Gasteiger partial charge in [-0.3, -0.25) is 0 Å². The van der Waals surface area contributed by atoms with Crippen LogP contribution in [-0.2, 0) is 6.18 Å². The lowest BCUT2D eigenvalue weighted by Crippen LogP contribution is -2.32. The molecule has 0 aliphatic heterocycles. The summed E-state index contributed by atoms with van der Waals surface area (Å²) < 4.78 is 43.1. The molecule has 31 heavy (non-hydrogen) atoms. The van der Waals surface area contributed by atoms with Crippen LogP contribution in [0, 0.1) is 0 Å². The largest absolute Gasteiger partial charge is 0.471 e. The van der Waals surface area contributed by atoms with Crippen LogP contribution in [0.1, 0.15) is 16.9 Å². The molecule has 0 spiro atoms. The zero-order valence-electron chi connectivity index (χ0n) is 15.7. The number of nitrogens with zero attached hydrogens (tertiary/aromatic N) is 2. The van der Waals surface area contributed by atoms with Gasteiger partial charge in [0.15, 0.2) is 0 Å². The van der Waals surface area contributed by atoms with E-state index in [1.807, 2.05) is 30.3 Å². The number of thiophene rings is 1. The molecule has 0 saturated heterocycles. The van der Waals surface area contributed by atoms with Gasteiger partial charge in [0, 0.05) is 20.8 Å². The number of halogens is 3. The molecule has 3 N–H and O–H groups in total. The summed E-state index contributed by atoms with van der Waals surface area (Å²) in [6, 6.07) is 15.0. The Morgan fingerprint density at radius 3 is 2.71 bits per heavy atom. The second-order valence-electron chi connectivity index (χ2n) is 6.54. The van der Waals surface area contributed by atoms with Gasteiger partial charge in [0.05, 0.1) is 6.54 Å². The van der Waals surface area contributed by atoms with Gasteiger partial charge >= 0.3 is 18.1 Å². The number of nitrogens with one attached hydrogen (secondary N) is 2. The number of hydrogen-bond acceptors (Lipinski definition) is 6. The Bertz CT molecular complexity index is 1190. The van der Waals surface area contributed by atoms with E-state index in [1.54, 1.807) is 6.07 Å². The number of hydrogen-bond donors (Lipinski definition) is 3. The molecule has 0 saturated carbocycles. The summed E-state index contributed by atoms with van der Waals surface area (Å²) in [5, 5.41) is 19.8. The molecule has 4 rings (SSSR count). The van der Waals surface area contributed by atoms with Crippen molar-refractivity contribution in [2.75, 3.05) is 11.9 Å². The highest BCUT2D eigenvalue weighted by Crippen LogP contribution is 2.30. The van der Waals surface area contributed by atoms with Crippen molar-refractivity contribution in [1.29, 1.82) is 0 Å². The van der Waals surface area contributed by atoms with E-state index in [0.29, 0.717) is 5.69 Å². The molecule has 4 aromatic rings. The van der Waals surface area contributed by atoms with Gasteiger partial charge in [-0.2, -0.15) is 18.2 Å². The third-order valence-electron chi connectivity index (χ3n) is 4.28. The number of fused-ring (bicyclic) bond motifs is 1. The van der Waals surface area contributed by atoms with Gasteiger partial charge in [-0.15, -0.1) is 11.3 Å². The van der Waals surface area contributed by atoms with Gasteiger partial charge in [0.25, 0.3) is 0 Å². The minimum absolute atomic E-state index is 0.0157. The molecule has 0 aliphatic carbocycles. The van der Waals surface area contributed by atoms with E-state index in [-0.39, 0.29) is 17.9 Å². The van der Waals surface area contributed by atoms with Crippen LogP contribution in [0.3, 0.4) is 0 Å². The first-order chi connectivity index (χ1) is 14.8. The van der Waals surface area contributed by atoms with Crippen LogP contribution in [0.25, 0.3) is 21.5 Å². The average Bonchev–Trinajstić information content (AvgIpc) is 3.39. The fourth-order valence-corrected chi connectivity index (χ4v) is 3.87. The van der Waals surface area contributed by atoms with Crippen molar-refractivity contribution in [2.24, 2.45) is 0 Å². The Morgan fingerprint density at radius 2 is 1.97 bits per heavy atom. The van der Waals surface area contributed by atoms with Gasteiger partial charge in [0.1, 0.15) is 6.10 Å². The van der Waals surface area contributed by atoms with Crippen molar-refractivity contribution in [3.05, 3.63) is 65.4 Å². The highest BCUT2D eigenvalue weighted by molar-refractivity contribution is 7.19. The number of aromatic nitrogens is 2. The molecule has 7 nitrogen and oxygen atoms in total. The van der Waals surface area contributed by atoms with Crippen molar-refractivity contribution in [2.45, 2.75) is 12.3 Å². The summed E-state index contributed by atoms with van der Waals surface area (Å²) >= 11 is 1.44. The number of benzene rings is 2. The predicted octanol–water partition coefficient (Wildman–Crippen LogP) is 4.83. The minimum Gasteiger partial charge on any atom is -0.386 e. The number of carbonyl (C=O) groups excluding carboxylic acids is 1. The van der Waals surface area contributed by atoms with Crippen LogP contribution in [0.2, 0.25) is 0 Å². The average molecular weight is 448 g/mol. The van der Waals surface area contributed by atoms with Crippen LogP contribution in [-0.4, -0.2) is 27.8 Å². The standard InChI is InChI=1S/C20H15F3N4O3S/c21-20(22,23)18-26-17(27-30-18)12-5-3-6-13(8-12)25-19(29)24-10-14(28)16-9-11-4-1-2-7-15(11)31-16/h1-9,14,28H,10H2,(H2,24,25,29). The van der Waals surface area contributed by atoms with Crippen LogP contribution >= 0.6 is 11.3 Å². The number of amides is 2. The molecule has 1 atom stereocenters. The maximum atomic E-state index is 12.6. The Balaban J connectivity index is 1.37. The Morgan fingerprint density at radius 1 is 1.16 bits per heavy atom. The molecule has 2 aromatic heterocycles. The zero-order chi connectivity index (χ0) is 22.0. The van der Waals surface area contributed by atoms with E-state index < -0.39 is 24.2 Å². The molecular weight excluding hydrogens is 433 g/mol. The quantitative estimate of drug-likeness (QED) is 0.406. The smallest absolute Gasteiger partial charge is 0.386 e. The lowest BCUT2D eigenvalue weighted by molar-refractivity contribution is -0.159. The topological polar surface area (TPSA) is 100 Å². The Kier molecular flexibility index (Phi) is 5.61. The van der Waals surface area contributed by atoms with Gasteiger partial charge in [-0.1, -0.05) is 35.5 Å². The van der Waals surface area contributed by atoms with Crippen LogP contribution in [0.4, 0.5) is 23.7 Å². The lowest BCUT2D eigenvalue weighted by Gasteiger charge is -2.11. The third kappa shape index (κ3) is 4.84. The summed E-state index contributed by atoms with van der Waals surface area (Å²) in [4.78, 5) is 16.2. The van der Waals surface area contributed by atoms with Crippen molar-refractivity contribution in [1.82, 2.24) is 15.5 Å². The number of rotatable bonds is 5. The third-order valence-corrected chi connectivity index (χ3v) is 5.49. The summed E-state index contributed by atoms with van der Waals surface area (Å²) in [5.74, 6) is -1.70. The number of aliphatic hydroxyl groups is 1. The summed E-state index contributed by atoms with van der Waals surface area (Å²) in [6.45, 7) is -0.0157. The second kappa shape index (κ2) is 8.36.